The highest BCUT2D eigenvalue weighted by Crippen LogP contribution is 2.38. The first-order valence-corrected chi connectivity index (χ1v) is 9.45. The number of carbonyl (C=O) groups excluding carboxylic acids is 1. The summed E-state index contributed by atoms with van der Waals surface area (Å²) in [5.41, 5.74) is 2.94. The van der Waals surface area contributed by atoms with Gasteiger partial charge in [-0.2, -0.15) is 11.8 Å². The van der Waals surface area contributed by atoms with Crippen LogP contribution in [0.4, 0.5) is 0 Å². The molecule has 1 aliphatic rings. The van der Waals surface area contributed by atoms with Crippen LogP contribution in [0.15, 0.2) is 34.9 Å². The van der Waals surface area contributed by atoms with Crippen molar-refractivity contribution in [1.29, 1.82) is 0 Å². The van der Waals surface area contributed by atoms with Crippen LogP contribution in [0.1, 0.15) is 48.4 Å². The van der Waals surface area contributed by atoms with Gasteiger partial charge in [0.1, 0.15) is 5.76 Å². The van der Waals surface area contributed by atoms with Crippen molar-refractivity contribution < 1.29 is 9.32 Å². The maximum atomic E-state index is 13.3. The Labute approximate surface area is 147 Å². The number of hydrogen-bond donors (Lipinski definition) is 0. The van der Waals surface area contributed by atoms with Gasteiger partial charge in [-0.05, 0) is 26.3 Å². The molecule has 3 atom stereocenters. The molecule has 1 saturated heterocycles. The Balaban J connectivity index is 1.92. The number of thioether (sulfide) groups is 1. The molecule has 3 rings (SSSR count). The molecule has 4 nitrogen and oxygen atoms in total. The maximum absolute atomic E-state index is 13.3. The van der Waals surface area contributed by atoms with E-state index in [1.165, 1.54) is 5.56 Å². The molecule has 0 saturated carbocycles. The fourth-order valence-electron chi connectivity index (χ4n) is 3.65. The zero-order chi connectivity index (χ0) is 17.3. The molecule has 0 N–H and O–H groups in total. The first-order chi connectivity index (χ1) is 11.5. The van der Waals surface area contributed by atoms with Crippen LogP contribution in [0.3, 0.4) is 0 Å². The number of rotatable bonds is 3. The van der Waals surface area contributed by atoms with E-state index in [9.17, 15) is 4.79 Å². The van der Waals surface area contributed by atoms with E-state index < -0.39 is 0 Å². The monoisotopic (exact) mass is 344 g/mol. The molecular weight excluding hydrogens is 320 g/mol. The Bertz CT molecular complexity index is 694. The lowest BCUT2D eigenvalue weighted by Gasteiger charge is -2.41. The van der Waals surface area contributed by atoms with Crippen molar-refractivity contribution >= 4 is 17.7 Å². The number of carbonyl (C=O) groups is 1. The van der Waals surface area contributed by atoms with E-state index in [-0.39, 0.29) is 17.9 Å². The minimum absolute atomic E-state index is 0.111. The van der Waals surface area contributed by atoms with E-state index in [1.807, 2.05) is 55.6 Å². The third kappa shape index (κ3) is 3.09. The summed E-state index contributed by atoms with van der Waals surface area (Å²) in [6.07, 6.45) is 0. The molecule has 1 aromatic carbocycles. The normalized spacial score (nSPS) is 22.4. The Hall–Kier alpha value is -1.75. The first-order valence-electron chi connectivity index (χ1n) is 8.40. The summed E-state index contributed by atoms with van der Waals surface area (Å²) >= 11 is 1.93. The zero-order valence-electron chi connectivity index (χ0n) is 14.7. The van der Waals surface area contributed by atoms with Crippen LogP contribution in [-0.4, -0.2) is 33.5 Å². The molecule has 0 spiro atoms. The van der Waals surface area contributed by atoms with Gasteiger partial charge < -0.3 is 9.42 Å². The fourth-order valence-corrected chi connectivity index (χ4v) is 4.81. The van der Waals surface area contributed by atoms with Crippen LogP contribution in [0.25, 0.3) is 0 Å². The van der Waals surface area contributed by atoms with E-state index in [0.29, 0.717) is 5.25 Å². The molecule has 128 valence electrons. The second kappa shape index (κ2) is 7.01. The lowest BCUT2D eigenvalue weighted by Crippen LogP contribution is -2.45. The summed E-state index contributed by atoms with van der Waals surface area (Å²) in [4.78, 5) is 15.3. The number of benzene rings is 1. The Morgan fingerprint density at radius 3 is 2.67 bits per heavy atom. The molecule has 0 radical (unpaired) electrons. The van der Waals surface area contributed by atoms with Crippen molar-refractivity contribution in [2.75, 3.05) is 12.3 Å². The van der Waals surface area contributed by atoms with Gasteiger partial charge >= 0.3 is 0 Å². The van der Waals surface area contributed by atoms with Gasteiger partial charge in [0.25, 0.3) is 0 Å². The van der Waals surface area contributed by atoms with Crippen LogP contribution in [0.5, 0.6) is 0 Å². The van der Waals surface area contributed by atoms with Crippen molar-refractivity contribution in [3.05, 3.63) is 52.9 Å². The van der Waals surface area contributed by atoms with E-state index in [4.69, 9.17) is 4.52 Å². The van der Waals surface area contributed by atoms with Gasteiger partial charge in [0.05, 0.1) is 17.7 Å². The van der Waals surface area contributed by atoms with Gasteiger partial charge in [0, 0.05) is 23.1 Å². The third-order valence-corrected chi connectivity index (χ3v) is 6.01. The third-order valence-electron chi connectivity index (χ3n) is 4.81. The molecule has 2 aromatic rings. The Morgan fingerprint density at radius 2 is 2.04 bits per heavy atom. The molecule has 0 bridgehead atoms. The molecule has 24 heavy (non-hydrogen) atoms. The van der Waals surface area contributed by atoms with Gasteiger partial charge in [0.2, 0.25) is 5.91 Å². The lowest BCUT2D eigenvalue weighted by atomic mass is 9.95. The smallest absolute Gasteiger partial charge is 0.230 e. The highest BCUT2D eigenvalue weighted by atomic mass is 32.2. The van der Waals surface area contributed by atoms with Crippen molar-refractivity contribution in [1.82, 2.24) is 10.1 Å². The number of aryl methyl sites for hydroxylation is 2. The molecule has 5 heteroatoms. The van der Waals surface area contributed by atoms with Crippen LogP contribution in [0, 0.1) is 13.8 Å². The van der Waals surface area contributed by atoms with Crippen molar-refractivity contribution in [2.24, 2.45) is 0 Å². The minimum Gasteiger partial charge on any atom is -0.361 e. The Kier molecular flexibility index (Phi) is 4.99. The highest BCUT2D eigenvalue weighted by molar-refractivity contribution is 8.00. The largest absolute Gasteiger partial charge is 0.361 e. The molecule has 1 aromatic heterocycles. The lowest BCUT2D eigenvalue weighted by molar-refractivity contribution is -0.135. The summed E-state index contributed by atoms with van der Waals surface area (Å²) in [5.74, 6) is 1.64. The average Bonchev–Trinajstić information content (AvgIpc) is 2.92. The van der Waals surface area contributed by atoms with E-state index >= 15 is 0 Å². The number of amides is 1. The standard InChI is InChI=1S/C19H24N2O2S/c1-12(17-13(2)20-23-14(17)3)19(22)21-10-11-24-15(4)18(21)16-8-6-5-7-9-16/h5-9,12,15,18H,10-11H2,1-4H3/t12-,15-,18+/m0/s1. The van der Waals surface area contributed by atoms with E-state index in [1.54, 1.807) is 0 Å². The minimum atomic E-state index is -0.238. The van der Waals surface area contributed by atoms with Gasteiger partial charge in [-0.15, -0.1) is 0 Å². The molecule has 1 aliphatic heterocycles. The quantitative estimate of drug-likeness (QED) is 0.841. The highest BCUT2D eigenvalue weighted by Gasteiger charge is 2.36. The van der Waals surface area contributed by atoms with Crippen LogP contribution >= 0.6 is 11.8 Å². The molecule has 0 aliphatic carbocycles. The maximum Gasteiger partial charge on any atom is 0.230 e. The van der Waals surface area contributed by atoms with E-state index in [0.717, 1.165) is 29.3 Å². The van der Waals surface area contributed by atoms with Gasteiger partial charge in [0.15, 0.2) is 0 Å². The summed E-state index contributed by atoms with van der Waals surface area (Å²) < 4.78 is 5.26. The van der Waals surface area contributed by atoms with Crippen molar-refractivity contribution in [2.45, 2.75) is 44.9 Å². The second-order valence-electron chi connectivity index (χ2n) is 6.42. The van der Waals surface area contributed by atoms with Gasteiger partial charge in [-0.25, -0.2) is 0 Å². The molecule has 2 heterocycles. The SMILES string of the molecule is Cc1noc(C)c1[C@H](C)C(=O)N1CCS[C@@H](C)[C@@H]1c1ccccc1. The summed E-state index contributed by atoms with van der Waals surface area (Å²) in [5, 5.41) is 4.38. The van der Waals surface area contributed by atoms with Gasteiger partial charge in [-0.3, -0.25) is 4.79 Å². The molecule has 0 unspecified atom stereocenters. The summed E-state index contributed by atoms with van der Waals surface area (Å²) in [6, 6.07) is 10.5. The number of nitrogens with zero attached hydrogens (tertiary/aromatic N) is 2. The predicted octanol–water partition coefficient (Wildman–Crippen LogP) is 4.10. The van der Waals surface area contributed by atoms with Crippen molar-refractivity contribution in [3.8, 4) is 0 Å². The predicted molar refractivity (Wildman–Crippen MR) is 97.2 cm³/mol. The van der Waals surface area contributed by atoms with Crippen molar-refractivity contribution in [3.63, 3.8) is 0 Å². The molecule has 1 fully saturated rings. The van der Waals surface area contributed by atoms with E-state index in [2.05, 4.69) is 24.2 Å². The molecule has 1 amide bonds. The Morgan fingerprint density at radius 1 is 1.33 bits per heavy atom. The second-order valence-corrected chi connectivity index (χ2v) is 7.91. The topological polar surface area (TPSA) is 46.3 Å². The van der Waals surface area contributed by atoms with Gasteiger partial charge in [-0.1, -0.05) is 42.4 Å². The van der Waals surface area contributed by atoms with Crippen LogP contribution in [-0.2, 0) is 4.79 Å². The van der Waals surface area contributed by atoms with Crippen LogP contribution < -0.4 is 0 Å². The zero-order valence-corrected chi connectivity index (χ0v) is 15.5. The number of aromatic nitrogens is 1. The number of hydrogen-bond acceptors (Lipinski definition) is 4. The average molecular weight is 344 g/mol. The first kappa shape index (κ1) is 17.1. The summed E-state index contributed by atoms with van der Waals surface area (Å²) in [6.45, 7) is 8.73. The van der Waals surface area contributed by atoms with Crippen LogP contribution in [0.2, 0.25) is 0 Å². The molecular formula is C19H24N2O2S. The fraction of sp³-hybridized carbons (Fsp3) is 0.474. The summed E-state index contributed by atoms with van der Waals surface area (Å²) in [7, 11) is 0.